The van der Waals surface area contributed by atoms with Gasteiger partial charge in [0.1, 0.15) is 5.69 Å². The highest BCUT2D eigenvalue weighted by atomic mass is 32.1. The Hall–Kier alpha value is -1.69. The molecule has 6 heteroatoms. The Bertz CT molecular complexity index is 473. The van der Waals surface area contributed by atoms with Crippen LogP contribution in [0.3, 0.4) is 0 Å². The first-order chi connectivity index (χ1) is 7.84. The Kier molecular flexibility index (Phi) is 2.21. The fraction of sp³-hybridized carbons (Fsp3) is 0.300. The van der Waals surface area contributed by atoms with Crippen LogP contribution in [0.2, 0.25) is 0 Å². The molecule has 0 atom stereocenters. The van der Waals surface area contributed by atoms with E-state index in [0.717, 1.165) is 13.1 Å². The summed E-state index contributed by atoms with van der Waals surface area (Å²) in [5.74, 6) is 0.0182. The minimum atomic E-state index is 0.0182. The highest BCUT2D eigenvalue weighted by Crippen LogP contribution is 2.22. The maximum absolute atomic E-state index is 11.8. The molecule has 0 aromatic carbocycles. The number of thiazole rings is 1. The van der Waals surface area contributed by atoms with Crippen molar-refractivity contribution in [2.75, 3.05) is 13.1 Å². The lowest BCUT2D eigenvalue weighted by Gasteiger charge is -2.38. The van der Waals surface area contributed by atoms with Gasteiger partial charge in [0.2, 0.25) is 0 Å². The zero-order valence-electron chi connectivity index (χ0n) is 8.48. The molecule has 2 aromatic heterocycles. The van der Waals surface area contributed by atoms with Gasteiger partial charge in [0.15, 0.2) is 0 Å². The second-order valence-electron chi connectivity index (χ2n) is 3.72. The van der Waals surface area contributed by atoms with Gasteiger partial charge in [-0.05, 0) is 6.07 Å². The van der Waals surface area contributed by atoms with Gasteiger partial charge < -0.3 is 4.90 Å². The highest BCUT2D eigenvalue weighted by molar-refractivity contribution is 7.07. The molecule has 5 nitrogen and oxygen atoms in total. The first kappa shape index (κ1) is 9.53. The van der Waals surface area contributed by atoms with Crippen molar-refractivity contribution in [3.8, 4) is 0 Å². The van der Waals surface area contributed by atoms with Gasteiger partial charge in [0.25, 0.3) is 5.91 Å². The third kappa shape index (κ3) is 1.51. The first-order valence-electron chi connectivity index (χ1n) is 5.01. The van der Waals surface area contributed by atoms with E-state index in [1.54, 1.807) is 22.0 Å². The van der Waals surface area contributed by atoms with Crippen LogP contribution in [-0.4, -0.2) is 38.7 Å². The Morgan fingerprint density at radius 1 is 1.50 bits per heavy atom. The average molecular weight is 234 g/mol. The Morgan fingerprint density at radius 2 is 2.38 bits per heavy atom. The number of aromatic nitrogens is 3. The third-order valence-corrected chi connectivity index (χ3v) is 3.29. The van der Waals surface area contributed by atoms with E-state index in [2.05, 4.69) is 10.1 Å². The van der Waals surface area contributed by atoms with Crippen LogP contribution < -0.4 is 0 Å². The van der Waals surface area contributed by atoms with Crippen LogP contribution in [0, 0.1) is 0 Å². The van der Waals surface area contributed by atoms with Crippen molar-refractivity contribution >= 4 is 17.2 Å². The van der Waals surface area contributed by atoms with E-state index in [9.17, 15) is 4.79 Å². The second kappa shape index (κ2) is 3.71. The topological polar surface area (TPSA) is 51.0 Å². The molecule has 0 aliphatic carbocycles. The van der Waals surface area contributed by atoms with Crippen molar-refractivity contribution in [2.24, 2.45) is 0 Å². The van der Waals surface area contributed by atoms with Crippen LogP contribution in [0.5, 0.6) is 0 Å². The molecule has 0 N–H and O–H groups in total. The summed E-state index contributed by atoms with van der Waals surface area (Å²) in [7, 11) is 0. The van der Waals surface area contributed by atoms with Crippen molar-refractivity contribution in [1.82, 2.24) is 19.7 Å². The lowest BCUT2D eigenvalue weighted by atomic mass is 10.1. The summed E-state index contributed by atoms with van der Waals surface area (Å²) in [6.45, 7) is 1.44. The predicted octanol–water partition coefficient (Wildman–Crippen LogP) is 1.04. The summed E-state index contributed by atoms with van der Waals surface area (Å²) in [5, 5.41) is 5.94. The molecule has 3 rings (SSSR count). The van der Waals surface area contributed by atoms with E-state index in [1.165, 1.54) is 11.3 Å². The fourth-order valence-electron chi connectivity index (χ4n) is 1.77. The molecule has 1 saturated heterocycles. The van der Waals surface area contributed by atoms with Gasteiger partial charge in [-0.1, -0.05) is 0 Å². The minimum Gasteiger partial charge on any atom is -0.333 e. The molecular formula is C10H10N4OS. The monoisotopic (exact) mass is 234 g/mol. The minimum absolute atomic E-state index is 0.0182. The molecule has 1 aliphatic rings. The lowest BCUT2D eigenvalue weighted by molar-refractivity contribution is 0.0496. The maximum Gasteiger partial charge on any atom is 0.273 e. The van der Waals surface area contributed by atoms with Gasteiger partial charge in [0, 0.05) is 30.9 Å². The van der Waals surface area contributed by atoms with Gasteiger partial charge in [0.05, 0.1) is 11.6 Å². The molecule has 2 aromatic rings. The fourth-order valence-corrected chi connectivity index (χ4v) is 2.29. The summed E-state index contributed by atoms with van der Waals surface area (Å²) < 4.78 is 1.89. The summed E-state index contributed by atoms with van der Waals surface area (Å²) in [6, 6.07) is 2.21. The summed E-state index contributed by atoms with van der Waals surface area (Å²) in [6.07, 6.45) is 3.68. The van der Waals surface area contributed by atoms with E-state index in [1.807, 2.05) is 16.9 Å². The Morgan fingerprint density at radius 3 is 3.00 bits per heavy atom. The van der Waals surface area contributed by atoms with Gasteiger partial charge >= 0.3 is 0 Å². The Balaban J connectivity index is 1.64. The molecule has 82 valence electrons. The van der Waals surface area contributed by atoms with Gasteiger partial charge in [-0.25, -0.2) is 4.98 Å². The quantitative estimate of drug-likeness (QED) is 0.780. The van der Waals surface area contributed by atoms with Crippen molar-refractivity contribution in [1.29, 1.82) is 0 Å². The predicted molar refractivity (Wildman–Crippen MR) is 59.3 cm³/mol. The van der Waals surface area contributed by atoms with Crippen molar-refractivity contribution < 1.29 is 4.79 Å². The number of likely N-dealkylation sites (tertiary alicyclic amines) is 1. The number of rotatable bonds is 2. The van der Waals surface area contributed by atoms with Crippen LogP contribution in [-0.2, 0) is 0 Å². The molecular weight excluding hydrogens is 224 g/mol. The van der Waals surface area contributed by atoms with E-state index in [-0.39, 0.29) is 5.91 Å². The SMILES string of the molecule is O=C(c1cscn1)N1CC(n2cccn2)C1. The summed E-state index contributed by atoms with van der Waals surface area (Å²) in [5.41, 5.74) is 2.22. The molecule has 16 heavy (non-hydrogen) atoms. The third-order valence-electron chi connectivity index (χ3n) is 2.70. The number of carbonyl (C=O) groups is 1. The number of carbonyl (C=O) groups excluding carboxylic acids is 1. The lowest BCUT2D eigenvalue weighted by Crippen LogP contribution is -2.50. The summed E-state index contributed by atoms with van der Waals surface area (Å²) >= 11 is 1.44. The molecule has 1 aliphatic heterocycles. The zero-order valence-corrected chi connectivity index (χ0v) is 9.30. The molecule has 0 unspecified atom stereocenters. The molecule has 3 heterocycles. The number of nitrogens with zero attached hydrogens (tertiary/aromatic N) is 4. The summed E-state index contributed by atoms with van der Waals surface area (Å²) in [4.78, 5) is 17.6. The molecule has 0 spiro atoms. The number of amides is 1. The molecule has 1 amide bonds. The first-order valence-corrected chi connectivity index (χ1v) is 5.95. The molecule has 1 fully saturated rings. The van der Waals surface area contributed by atoms with E-state index in [4.69, 9.17) is 0 Å². The van der Waals surface area contributed by atoms with Crippen molar-refractivity contribution in [3.63, 3.8) is 0 Å². The van der Waals surface area contributed by atoms with Crippen molar-refractivity contribution in [2.45, 2.75) is 6.04 Å². The van der Waals surface area contributed by atoms with Crippen LogP contribution >= 0.6 is 11.3 Å². The van der Waals surface area contributed by atoms with Crippen molar-refractivity contribution in [3.05, 3.63) is 35.0 Å². The standard InChI is InChI=1S/C10H10N4OS/c15-10(9-6-16-7-11-9)13-4-8(5-13)14-3-1-2-12-14/h1-3,6-8H,4-5H2. The van der Waals surface area contributed by atoms with E-state index < -0.39 is 0 Å². The van der Waals surface area contributed by atoms with E-state index >= 15 is 0 Å². The average Bonchev–Trinajstić information content (AvgIpc) is 2.88. The smallest absolute Gasteiger partial charge is 0.273 e. The van der Waals surface area contributed by atoms with Gasteiger partial charge in [-0.15, -0.1) is 11.3 Å². The largest absolute Gasteiger partial charge is 0.333 e. The van der Waals surface area contributed by atoms with Crippen LogP contribution in [0.1, 0.15) is 16.5 Å². The normalized spacial score (nSPS) is 16.1. The highest BCUT2D eigenvalue weighted by Gasteiger charge is 2.33. The number of hydrogen-bond acceptors (Lipinski definition) is 4. The van der Waals surface area contributed by atoms with E-state index in [0.29, 0.717) is 11.7 Å². The molecule has 0 radical (unpaired) electrons. The zero-order chi connectivity index (χ0) is 11.0. The number of hydrogen-bond donors (Lipinski definition) is 0. The van der Waals surface area contributed by atoms with Gasteiger partial charge in [-0.3, -0.25) is 9.48 Å². The molecule has 0 saturated carbocycles. The van der Waals surface area contributed by atoms with Crippen LogP contribution in [0.25, 0.3) is 0 Å². The molecule has 0 bridgehead atoms. The second-order valence-corrected chi connectivity index (χ2v) is 4.44. The van der Waals surface area contributed by atoms with Crippen LogP contribution in [0.15, 0.2) is 29.4 Å². The maximum atomic E-state index is 11.8. The van der Waals surface area contributed by atoms with Gasteiger partial charge in [-0.2, -0.15) is 5.10 Å². The van der Waals surface area contributed by atoms with Crippen LogP contribution in [0.4, 0.5) is 0 Å². The Labute approximate surface area is 96.3 Å².